The summed E-state index contributed by atoms with van der Waals surface area (Å²) in [6.07, 6.45) is -0.757. The van der Waals surface area contributed by atoms with Crippen LogP contribution >= 0.6 is 0 Å². The molecule has 0 aliphatic rings. The van der Waals surface area contributed by atoms with Crippen molar-refractivity contribution >= 4 is 6.09 Å². The van der Waals surface area contributed by atoms with E-state index in [2.05, 4.69) is 5.32 Å². The lowest BCUT2D eigenvalue weighted by Gasteiger charge is -2.22. The SMILES string of the molecule is Cc1cc(C)cc(C(O)C(N)CCNC(=O)OC(C)(C)C)c1. The van der Waals surface area contributed by atoms with Crippen molar-refractivity contribution in [1.29, 1.82) is 0 Å². The standard InChI is InChI=1S/C17H28N2O3/c1-11-8-12(2)10-13(9-11)15(20)14(18)6-7-19-16(21)22-17(3,4)5/h8-10,14-15,20H,6-7,18H2,1-5H3,(H,19,21). The van der Waals surface area contributed by atoms with Gasteiger partial charge in [-0.1, -0.05) is 29.3 Å². The molecule has 5 nitrogen and oxygen atoms in total. The second-order valence-electron chi connectivity index (χ2n) is 6.75. The van der Waals surface area contributed by atoms with E-state index in [9.17, 15) is 9.90 Å². The van der Waals surface area contributed by atoms with Gasteiger partial charge >= 0.3 is 6.09 Å². The highest BCUT2D eigenvalue weighted by Gasteiger charge is 2.19. The third kappa shape index (κ3) is 6.45. The lowest BCUT2D eigenvalue weighted by molar-refractivity contribution is 0.0521. The smallest absolute Gasteiger partial charge is 0.407 e. The Morgan fingerprint density at radius 2 is 1.82 bits per heavy atom. The van der Waals surface area contributed by atoms with Gasteiger partial charge in [0, 0.05) is 12.6 Å². The van der Waals surface area contributed by atoms with Crippen molar-refractivity contribution in [3.63, 3.8) is 0 Å². The number of carbonyl (C=O) groups excluding carboxylic acids is 1. The molecule has 4 N–H and O–H groups in total. The fraction of sp³-hybridized carbons (Fsp3) is 0.588. The Labute approximate surface area is 132 Å². The zero-order valence-corrected chi connectivity index (χ0v) is 14.1. The number of nitrogens with one attached hydrogen (secondary N) is 1. The summed E-state index contributed by atoms with van der Waals surface area (Å²) in [5.74, 6) is 0. The Bertz CT molecular complexity index is 489. The third-order valence-electron chi connectivity index (χ3n) is 3.14. The molecule has 22 heavy (non-hydrogen) atoms. The third-order valence-corrected chi connectivity index (χ3v) is 3.14. The van der Waals surface area contributed by atoms with Gasteiger partial charge in [-0.05, 0) is 46.6 Å². The highest BCUT2D eigenvalue weighted by molar-refractivity contribution is 5.67. The van der Waals surface area contributed by atoms with E-state index in [1.54, 1.807) is 0 Å². The normalized spacial score (nSPS) is 14.3. The van der Waals surface area contributed by atoms with E-state index in [4.69, 9.17) is 10.5 Å². The second kappa shape index (κ2) is 7.61. The monoisotopic (exact) mass is 308 g/mol. The minimum Gasteiger partial charge on any atom is -0.444 e. The van der Waals surface area contributed by atoms with Crippen LogP contribution in [-0.4, -0.2) is 29.4 Å². The molecule has 1 rings (SSSR count). The van der Waals surface area contributed by atoms with Crippen LogP contribution < -0.4 is 11.1 Å². The van der Waals surface area contributed by atoms with E-state index in [1.807, 2.05) is 52.8 Å². The summed E-state index contributed by atoms with van der Waals surface area (Å²) in [6, 6.07) is 5.46. The van der Waals surface area contributed by atoms with Gasteiger partial charge in [0.15, 0.2) is 0 Å². The molecule has 1 amide bonds. The van der Waals surface area contributed by atoms with Crippen LogP contribution in [0.4, 0.5) is 4.79 Å². The molecule has 0 aliphatic heterocycles. The molecule has 1 aromatic carbocycles. The molecular weight excluding hydrogens is 280 g/mol. The summed E-state index contributed by atoms with van der Waals surface area (Å²) in [5.41, 5.74) is 8.49. The first-order valence-corrected chi connectivity index (χ1v) is 7.57. The lowest BCUT2D eigenvalue weighted by atomic mass is 9.97. The van der Waals surface area contributed by atoms with Crippen molar-refractivity contribution in [3.8, 4) is 0 Å². The maximum Gasteiger partial charge on any atom is 0.407 e. The van der Waals surface area contributed by atoms with Crippen molar-refractivity contribution in [2.75, 3.05) is 6.54 Å². The van der Waals surface area contributed by atoms with Crippen LogP contribution in [0.3, 0.4) is 0 Å². The van der Waals surface area contributed by atoms with E-state index in [0.29, 0.717) is 13.0 Å². The van der Waals surface area contributed by atoms with Gasteiger partial charge in [-0.3, -0.25) is 0 Å². The van der Waals surface area contributed by atoms with Crippen LogP contribution in [0.25, 0.3) is 0 Å². The van der Waals surface area contributed by atoms with Crippen molar-refractivity contribution in [3.05, 3.63) is 34.9 Å². The maximum atomic E-state index is 11.5. The first-order chi connectivity index (χ1) is 10.1. The van der Waals surface area contributed by atoms with E-state index in [-0.39, 0.29) is 0 Å². The highest BCUT2D eigenvalue weighted by Crippen LogP contribution is 2.20. The summed E-state index contributed by atoms with van der Waals surface area (Å²) >= 11 is 0. The van der Waals surface area contributed by atoms with E-state index in [0.717, 1.165) is 16.7 Å². The first-order valence-electron chi connectivity index (χ1n) is 7.57. The number of aliphatic hydroxyl groups is 1. The van der Waals surface area contributed by atoms with Crippen molar-refractivity contribution in [2.24, 2.45) is 5.73 Å². The Hall–Kier alpha value is -1.59. The minimum absolute atomic E-state index is 0.359. The van der Waals surface area contributed by atoms with Gasteiger partial charge < -0.3 is 20.9 Å². The number of hydrogen-bond donors (Lipinski definition) is 3. The minimum atomic E-state index is -0.751. The number of ether oxygens (including phenoxy) is 1. The van der Waals surface area contributed by atoms with Crippen LogP contribution in [-0.2, 0) is 4.74 Å². The number of aryl methyl sites for hydroxylation is 2. The fourth-order valence-electron chi connectivity index (χ4n) is 2.24. The molecule has 124 valence electrons. The zero-order valence-electron chi connectivity index (χ0n) is 14.1. The van der Waals surface area contributed by atoms with Crippen LogP contribution in [0.1, 0.15) is 50.0 Å². The fourth-order valence-corrected chi connectivity index (χ4v) is 2.24. The summed E-state index contributed by atoms with van der Waals surface area (Å²) in [4.78, 5) is 11.5. The van der Waals surface area contributed by atoms with Crippen LogP contribution in [0, 0.1) is 13.8 Å². The molecule has 0 aromatic heterocycles. The summed E-state index contributed by atoms with van der Waals surface area (Å²) < 4.78 is 5.14. The predicted octanol–water partition coefficient (Wildman–Crippen LogP) is 2.58. The van der Waals surface area contributed by atoms with Gasteiger partial charge in [0.05, 0.1) is 6.10 Å². The lowest BCUT2D eigenvalue weighted by Crippen LogP contribution is -2.37. The van der Waals surface area contributed by atoms with Gasteiger partial charge in [0.25, 0.3) is 0 Å². The number of carbonyl (C=O) groups is 1. The Balaban J connectivity index is 2.48. The van der Waals surface area contributed by atoms with E-state index >= 15 is 0 Å². The average molecular weight is 308 g/mol. The highest BCUT2D eigenvalue weighted by atomic mass is 16.6. The molecule has 0 bridgehead atoms. The molecule has 1 aromatic rings. The molecule has 2 atom stereocenters. The Morgan fingerprint density at radius 3 is 2.32 bits per heavy atom. The number of alkyl carbamates (subject to hydrolysis) is 1. The molecular formula is C17H28N2O3. The molecule has 2 unspecified atom stereocenters. The van der Waals surface area contributed by atoms with Gasteiger partial charge in [-0.2, -0.15) is 0 Å². The maximum absolute atomic E-state index is 11.5. The average Bonchev–Trinajstić information content (AvgIpc) is 2.34. The summed E-state index contributed by atoms with van der Waals surface area (Å²) in [5, 5.41) is 13.0. The number of nitrogens with two attached hydrogens (primary N) is 1. The Morgan fingerprint density at radius 1 is 1.27 bits per heavy atom. The summed E-state index contributed by atoms with van der Waals surface area (Å²) in [7, 11) is 0. The number of amides is 1. The number of aliphatic hydroxyl groups excluding tert-OH is 1. The van der Waals surface area contributed by atoms with Gasteiger partial charge in [-0.15, -0.1) is 0 Å². The van der Waals surface area contributed by atoms with E-state index < -0.39 is 23.8 Å². The van der Waals surface area contributed by atoms with Gasteiger partial charge in [0.2, 0.25) is 0 Å². The molecule has 0 aliphatic carbocycles. The molecule has 0 saturated carbocycles. The molecule has 0 radical (unpaired) electrons. The van der Waals surface area contributed by atoms with Crippen LogP contribution in [0.15, 0.2) is 18.2 Å². The molecule has 5 heteroatoms. The largest absolute Gasteiger partial charge is 0.444 e. The van der Waals surface area contributed by atoms with Crippen molar-refractivity contribution < 1.29 is 14.6 Å². The van der Waals surface area contributed by atoms with Gasteiger partial charge in [-0.25, -0.2) is 4.79 Å². The van der Waals surface area contributed by atoms with Gasteiger partial charge in [0.1, 0.15) is 5.60 Å². The van der Waals surface area contributed by atoms with Crippen LogP contribution in [0.2, 0.25) is 0 Å². The number of rotatable bonds is 5. The van der Waals surface area contributed by atoms with Crippen LogP contribution in [0.5, 0.6) is 0 Å². The van der Waals surface area contributed by atoms with Crippen molar-refractivity contribution in [2.45, 2.75) is 58.8 Å². The molecule has 0 saturated heterocycles. The molecule has 0 heterocycles. The van der Waals surface area contributed by atoms with E-state index in [1.165, 1.54) is 0 Å². The Kier molecular flexibility index (Phi) is 6.38. The molecule has 0 fully saturated rings. The molecule has 0 spiro atoms. The summed E-state index contributed by atoms with van der Waals surface area (Å²) in [6.45, 7) is 9.75. The zero-order chi connectivity index (χ0) is 16.9. The number of benzene rings is 1. The predicted molar refractivity (Wildman–Crippen MR) is 87.7 cm³/mol. The topological polar surface area (TPSA) is 84.6 Å². The number of hydrogen-bond acceptors (Lipinski definition) is 4. The van der Waals surface area contributed by atoms with Crippen molar-refractivity contribution in [1.82, 2.24) is 5.32 Å². The first kappa shape index (κ1) is 18.5. The quantitative estimate of drug-likeness (QED) is 0.780. The second-order valence-corrected chi connectivity index (χ2v) is 6.75.